The minimum atomic E-state index is -0.0417. The van der Waals surface area contributed by atoms with Crippen molar-refractivity contribution in [3.63, 3.8) is 0 Å². The van der Waals surface area contributed by atoms with Crippen molar-refractivity contribution in [2.24, 2.45) is 0 Å². The van der Waals surface area contributed by atoms with Gasteiger partial charge in [0, 0.05) is 0 Å². The van der Waals surface area contributed by atoms with Gasteiger partial charge in [-0.15, -0.1) is 0 Å². The molecule has 0 heterocycles. The quantitative estimate of drug-likeness (QED) is 0.540. The van der Waals surface area contributed by atoms with Gasteiger partial charge in [-0.1, -0.05) is 12.6 Å². The van der Waals surface area contributed by atoms with E-state index in [9.17, 15) is 0 Å². The normalized spacial score (nSPS) is 15.0. The summed E-state index contributed by atoms with van der Waals surface area (Å²) in [6.45, 7) is 5.81. The molecule has 0 rings (SSSR count). The summed E-state index contributed by atoms with van der Waals surface area (Å²) in [7, 11) is 0. The number of hydrogen-bond acceptors (Lipinski definition) is 1. The van der Waals surface area contributed by atoms with Crippen LogP contribution in [-0.4, -0.2) is 11.5 Å². The highest BCUT2D eigenvalue weighted by Gasteiger charge is 1.95. The van der Waals surface area contributed by atoms with Gasteiger partial charge < -0.3 is 4.74 Å². The first-order valence-electron chi connectivity index (χ1n) is 2.44. The fraction of sp³-hybridized carbons (Fsp3) is 1.00. The smallest absolute Gasteiger partial charge is 0.110 e. The summed E-state index contributed by atoms with van der Waals surface area (Å²) >= 11 is 4.73. The van der Waals surface area contributed by atoms with Gasteiger partial charge in [-0.05, 0) is 20.8 Å². The lowest BCUT2D eigenvalue weighted by atomic mass is 10.5. The Morgan fingerprint density at radius 1 is 1.29 bits per heavy atom. The Balaban J connectivity index is 2.95. The predicted octanol–water partition coefficient (Wildman–Crippen LogP) is 1.95. The molecule has 0 bridgehead atoms. The van der Waals surface area contributed by atoms with Crippen LogP contribution in [0, 0.1) is 0 Å². The molecule has 1 atom stereocenters. The molecule has 43 valence electrons. The first kappa shape index (κ1) is 7.31. The van der Waals surface area contributed by atoms with Crippen molar-refractivity contribution in [1.82, 2.24) is 0 Å². The van der Waals surface area contributed by atoms with Gasteiger partial charge in [0.25, 0.3) is 0 Å². The van der Waals surface area contributed by atoms with Crippen molar-refractivity contribution in [1.29, 1.82) is 0 Å². The Morgan fingerprint density at radius 3 is 1.71 bits per heavy atom. The van der Waals surface area contributed by atoms with E-state index in [4.69, 9.17) is 17.4 Å². The summed E-state index contributed by atoms with van der Waals surface area (Å²) < 4.78 is 5.06. The maximum atomic E-state index is 5.06. The Bertz CT molecular complexity index is 37.3. The lowest BCUT2D eigenvalue weighted by molar-refractivity contribution is 0.0703. The third kappa shape index (κ3) is 6.31. The van der Waals surface area contributed by atoms with Crippen molar-refractivity contribution in [3.05, 3.63) is 0 Å². The zero-order chi connectivity index (χ0) is 5.86. The van der Waals surface area contributed by atoms with Gasteiger partial charge in [0.2, 0.25) is 0 Å². The summed E-state index contributed by atoms with van der Waals surface area (Å²) in [4.78, 5) is 0. The predicted molar refractivity (Wildman–Crippen MR) is 33.3 cm³/mol. The highest BCUT2D eigenvalue weighted by molar-refractivity contribution is 7.80. The molecule has 0 aliphatic carbocycles. The molecule has 7 heavy (non-hydrogen) atoms. The van der Waals surface area contributed by atoms with Gasteiger partial charge in [0.05, 0.1) is 6.10 Å². The van der Waals surface area contributed by atoms with E-state index in [1.54, 1.807) is 0 Å². The number of rotatable bonds is 2. The molecule has 0 aliphatic heterocycles. The average molecular weight is 119 g/mol. The molecule has 0 aromatic carbocycles. The third-order valence-electron chi connectivity index (χ3n) is 0.464. The molecule has 0 spiro atoms. The molecule has 1 radical (unpaired) electrons. The molecule has 0 aliphatic rings. The van der Waals surface area contributed by atoms with Crippen LogP contribution in [0.4, 0.5) is 0 Å². The molecule has 0 N–H and O–H groups in total. The fourth-order valence-corrected chi connectivity index (χ4v) is 0.605. The van der Waals surface area contributed by atoms with Crippen molar-refractivity contribution >= 4 is 12.6 Å². The Morgan fingerprint density at radius 2 is 1.71 bits per heavy atom. The van der Waals surface area contributed by atoms with Crippen LogP contribution in [0.2, 0.25) is 0 Å². The van der Waals surface area contributed by atoms with E-state index in [0.29, 0.717) is 0 Å². The second kappa shape index (κ2) is 3.33. The third-order valence-corrected chi connectivity index (χ3v) is 0.575. The van der Waals surface area contributed by atoms with Crippen molar-refractivity contribution in [3.8, 4) is 0 Å². The lowest BCUT2D eigenvalue weighted by Gasteiger charge is -2.07. The summed E-state index contributed by atoms with van der Waals surface area (Å²) in [6.07, 6.45) is 0.271. The SMILES string of the molecule is CC(C)OC(C)[S]. The zero-order valence-corrected chi connectivity index (χ0v) is 5.79. The van der Waals surface area contributed by atoms with Gasteiger partial charge in [-0.2, -0.15) is 0 Å². The second-order valence-electron chi connectivity index (χ2n) is 1.75. The average Bonchev–Trinajstić information content (AvgIpc) is 1.27. The zero-order valence-electron chi connectivity index (χ0n) is 4.97. The summed E-state index contributed by atoms with van der Waals surface area (Å²) in [5, 5.41) is 0. The van der Waals surface area contributed by atoms with Gasteiger partial charge in [0.1, 0.15) is 5.44 Å². The Hall–Kier alpha value is 0.310. The first-order valence-corrected chi connectivity index (χ1v) is 2.91. The summed E-state index contributed by atoms with van der Waals surface area (Å²) in [5.74, 6) is 0. The summed E-state index contributed by atoms with van der Waals surface area (Å²) in [5.41, 5.74) is -0.0417. The molecule has 1 unspecified atom stereocenters. The van der Waals surface area contributed by atoms with Gasteiger partial charge >= 0.3 is 0 Å². The van der Waals surface area contributed by atoms with Gasteiger partial charge in [-0.25, -0.2) is 0 Å². The number of hydrogen-bond donors (Lipinski definition) is 0. The van der Waals surface area contributed by atoms with Crippen LogP contribution in [0.5, 0.6) is 0 Å². The van der Waals surface area contributed by atoms with Gasteiger partial charge in [0.15, 0.2) is 0 Å². The molecule has 1 nitrogen and oxygen atoms in total. The van der Waals surface area contributed by atoms with Crippen LogP contribution in [-0.2, 0) is 4.74 Å². The van der Waals surface area contributed by atoms with E-state index < -0.39 is 0 Å². The van der Waals surface area contributed by atoms with Crippen molar-refractivity contribution in [2.45, 2.75) is 32.3 Å². The van der Waals surface area contributed by atoms with Crippen molar-refractivity contribution < 1.29 is 4.74 Å². The Labute approximate surface area is 50.5 Å². The minimum Gasteiger partial charge on any atom is -0.364 e. The van der Waals surface area contributed by atoms with Crippen LogP contribution in [0.15, 0.2) is 0 Å². The summed E-state index contributed by atoms with van der Waals surface area (Å²) in [6, 6.07) is 0. The van der Waals surface area contributed by atoms with Gasteiger partial charge in [-0.3, -0.25) is 0 Å². The monoisotopic (exact) mass is 119 g/mol. The molecular weight excluding hydrogens is 108 g/mol. The Kier molecular flexibility index (Phi) is 3.48. The highest BCUT2D eigenvalue weighted by atomic mass is 32.1. The molecule has 0 fully saturated rings. The van der Waals surface area contributed by atoms with Crippen molar-refractivity contribution in [2.75, 3.05) is 0 Å². The second-order valence-corrected chi connectivity index (χ2v) is 2.42. The van der Waals surface area contributed by atoms with E-state index in [1.807, 2.05) is 20.8 Å². The van der Waals surface area contributed by atoms with E-state index in [1.165, 1.54) is 0 Å². The molecule has 0 aromatic rings. The van der Waals surface area contributed by atoms with E-state index in [0.717, 1.165) is 0 Å². The number of ether oxygens (including phenoxy) is 1. The molecule has 0 saturated heterocycles. The fourth-order valence-electron chi connectivity index (χ4n) is 0.383. The topological polar surface area (TPSA) is 9.23 Å². The maximum absolute atomic E-state index is 5.06. The van der Waals surface area contributed by atoms with E-state index >= 15 is 0 Å². The van der Waals surface area contributed by atoms with Crippen LogP contribution in [0.3, 0.4) is 0 Å². The van der Waals surface area contributed by atoms with E-state index in [2.05, 4.69) is 0 Å². The maximum Gasteiger partial charge on any atom is 0.110 e. The van der Waals surface area contributed by atoms with E-state index in [-0.39, 0.29) is 11.5 Å². The van der Waals surface area contributed by atoms with Crippen LogP contribution >= 0.6 is 12.6 Å². The largest absolute Gasteiger partial charge is 0.364 e. The van der Waals surface area contributed by atoms with Crippen LogP contribution in [0.1, 0.15) is 20.8 Å². The van der Waals surface area contributed by atoms with Crippen LogP contribution in [0.25, 0.3) is 0 Å². The van der Waals surface area contributed by atoms with Crippen LogP contribution < -0.4 is 0 Å². The molecule has 2 heteroatoms. The first-order chi connectivity index (χ1) is 3.13. The highest BCUT2D eigenvalue weighted by Crippen LogP contribution is 1.98. The standard InChI is InChI=1S/C5H11OS/c1-4(2)6-5(3)7/h4-5H,1-3H3. The lowest BCUT2D eigenvalue weighted by Crippen LogP contribution is -2.07. The minimum absolute atomic E-state index is 0.0417. The molecule has 0 amide bonds. The molecular formula is C5H11OS. The molecule has 0 saturated carbocycles. The molecule has 0 aromatic heterocycles.